The summed E-state index contributed by atoms with van der Waals surface area (Å²) in [5.74, 6) is -2.20. The summed E-state index contributed by atoms with van der Waals surface area (Å²) in [6.45, 7) is 4.49. The molecule has 28 heavy (non-hydrogen) atoms. The predicted octanol–water partition coefficient (Wildman–Crippen LogP) is 1.69. The monoisotopic (exact) mass is 395 g/mol. The quantitative estimate of drug-likeness (QED) is 0.597. The minimum Gasteiger partial charge on any atom is -0.379 e. The Hall–Kier alpha value is -2.88. The van der Waals surface area contributed by atoms with Crippen LogP contribution in [0.25, 0.3) is 0 Å². The number of alkyl halides is 2. The van der Waals surface area contributed by atoms with Crippen LogP contribution in [0.15, 0.2) is 36.5 Å². The van der Waals surface area contributed by atoms with Crippen molar-refractivity contribution in [3.05, 3.63) is 47.8 Å². The van der Waals surface area contributed by atoms with Gasteiger partial charge in [0.05, 0.1) is 12.3 Å². The predicted molar refractivity (Wildman–Crippen MR) is 96.5 cm³/mol. The molecule has 1 aromatic carbocycles. The van der Waals surface area contributed by atoms with Gasteiger partial charge in [-0.15, -0.1) is 5.10 Å². The third kappa shape index (κ3) is 6.08. The molecule has 8 nitrogen and oxygen atoms in total. The van der Waals surface area contributed by atoms with Crippen LogP contribution in [0.3, 0.4) is 0 Å². The molecule has 2 amide bonds. The molecule has 0 bridgehead atoms. The van der Waals surface area contributed by atoms with E-state index in [9.17, 15) is 18.4 Å². The molecule has 0 fully saturated rings. The average molecular weight is 395 g/mol. The molecule has 0 saturated carbocycles. The van der Waals surface area contributed by atoms with E-state index in [1.54, 1.807) is 30.3 Å². The topological polar surface area (TPSA) is 98.1 Å². The third-order valence-corrected chi connectivity index (χ3v) is 3.64. The van der Waals surface area contributed by atoms with E-state index in [1.807, 2.05) is 13.8 Å². The van der Waals surface area contributed by atoms with Gasteiger partial charge in [0.2, 0.25) is 0 Å². The molecule has 2 rings (SSSR count). The van der Waals surface area contributed by atoms with Crippen LogP contribution in [-0.2, 0) is 22.1 Å². The minimum atomic E-state index is -3.98. The van der Waals surface area contributed by atoms with E-state index in [2.05, 4.69) is 20.9 Å². The number of nitrogens with one attached hydrogen (secondary N) is 2. The van der Waals surface area contributed by atoms with Crippen molar-refractivity contribution >= 4 is 11.8 Å². The Bertz CT molecular complexity index is 781. The van der Waals surface area contributed by atoms with Crippen molar-refractivity contribution in [3.8, 4) is 0 Å². The number of rotatable bonds is 10. The Labute approximate surface area is 161 Å². The van der Waals surface area contributed by atoms with Gasteiger partial charge in [-0.3, -0.25) is 9.59 Å². The first-order chi connectivity index (χ1) is 13.3. The molecule has 0 radical (unpaired) electrons. The smallest absolute Gasteiger partial charge is 0.379 e. The number of benzene rings is 1. The highest BCUT2D eigenvalue weighted by Gasteiger charge is 2.42. The molecule has 0 atom stereocenters. The SMILES string of the molecule is CC(C)OCCCNC(=O)c1cn(C(F)(F)C(=O)NCc2ccccc2)nn1. The minimum absolute atomic E-state index is 0.0598. The van der Waals surface area contributed by atoms with Gasteiger partial charge in [0.1, 0.15) is 0 Å². The average Bonchev–Trinajstić information content (AvgIpc) is 3.17. The first-order valence-corrected chi connectivity index (χ1v) is 8.83. The van der Waals surface area contributed by atoms with Gasteiger partial charge in [0, 0.05) is 19.7 Å². The fraction of sp³-hybridized carbons (Fsp3) is 0.444. The number of nitrogens with zero attached hydrogens (tertiary/aromatic N) is 3. The number of halogens is 2. The summed E-state index contributed by atoms with van der Waals surface area (Å²) in [5, 5.41) is 11.3. The van der Waals surface area contributed by atoms with E-state index in [0.29, 0.717) is 25.1 Å². The van der Waals surface area contributed by atoms with Crippen LogP contribution in [0.1, 0.15) is 36.3 Å². The van der Waals surface area contributed by atoms with Crippen molar-refractivity contribution < 1.29 is 23.1 Å². The largest absolute Gasteiger partial charge is 0.423 e. The maximum atomic E-state index is 14.3. The van der Waals surface area contributed by atoms with Gasteiger partial charge >= 0.3 is 12.0 Å². The van der Waals surface area contributed by atoms with E-state index in [4.69, 9.17) is 4.74 Å². The van der Waals surface area contributed by atoms with Crippen LogP contribution in [0.5, 0.6) is 0 Å². The van der Waals surface area contributed by atoms with Crippen molar-refractivity contribution in [1.29, 1.82) is 0 Å². The highest BCUT2D eigenvalue weighted by atomic mass is 19.3. The summed E-state index contributed by atoms with van der Waals surface area (Å²) in [4.78, 5) is 23.8. The van der Waals surface area contributed by atoms with Gasteiger partial charge in [-0.05, 0) is 25.8 Å². The lowest BCUT2D eigenvalue weighted by atomic mass is 10.2. The van der Waals surface area contributed by atoms with Gasteiger partial charge in [-0.25, -0.2) is 0 Å². The number of aromatic nitrogens is 3. The van der Waals surface area contributed by atoms with Gasteiger partial charge in [0.25, 0.3) is 5.91 Å². The molecule has 0 aliphatic carbocycles. The fourth-order valence-corrected chi connectivity index (χ4v) is 2.18. The first kappa shape index (κ1) is 21.4. The molecule has 0 spiro atoms. The molecule has 0 unspecified atom stereocenters. The van der Waals surface area contributed by atoms with Crippen LogP contribution in [0.2, 0.25) is 0 Å². The molecular weight excluding hydrogens is 372 g/mol. The Morgan fingerprint density at radius 2 is 1.93 bits per heavy atom. The van der Waals surface area contributed by atoms with Crippen LogP contribution in [-0.4, -0.2) is 46.1 Å². The lowest BCUT2D eigenvalue weighted by molar-refractivity contribution is -0.164. The number of amides is 2. The summed E-state index contributed by atoms with van der Waals surface area (Å²) < 4.78 is 33.9. The van der Waals surface area contributed by atoms with E-state index >= 15 is 0 Å². The highest BCUT2D eigenvalue weighted by Crippen LogP contribution is 2.20. The van der Waals surface area contributed by atoms with Crippen LogP contribution < -0.4 is 10.6 Å². The maximum absolute atomic E-state index is 14.3. The normalized spacial score (nSPS) is 11.5. The summed E-state index contributed by atoms with van der Waals surface area (Å²) in [6.07, 6.45) is 1.39. The highest BCUT2D eigenvalue weighted by molar-refractivity contribution is 5.92. The molecule has 0 saturated heterocycles. The first-order valence-electron chi connectivity index (χ1n) is 8.83. The van der Waals surface area contributed by atoms with Crippen molar-refractivity contribution in [2.75, 3.05) is 13.2 Å². The molecule has 0 aliphatic rings. The number of carbonyl (C=O) groups is 2. The van der Waals surface area contributed by atoms with Crippen molar-refractivity contribution in [2.45, 2.75) is 39.0 Å². The summed E-state index contributed by atoms with van der Waals surface area (Å²) >= 11 is 0. The van der Waals surface area contributed by atoms with Crippen LogP contribution in [0.4, 0.5) is 8.78 Å². The van der Waals surface area contributed by atoms with Crippen molar-refractivity contribution in [1.82, 2.24) is 25.6 Å². The zero-order valence-electron chi connectivity index (χ0n) is 15.7. The van der Waals surface area contributed by atoms with E-state index in [-0.39, 0.29) is 23.0 Å². The van der Waals surface area contributed by atoms with Gasteiger partial charge < -0.3 is 15.4 Å². The zero-order chi connectivity index (χ0) is 20.6. The van der Waals surface area contributed by atoms with Crippen molar-refractivity contribution in [2.24, 2.45) is 0 Å². The Balaban J connectivity index is 1.87. The Kier molecular flexibility index (Phi) is 7.56. The van der Waals surface area contributed by atoms with E-state index < -0.39 is 17.9 Å². The molecule has 10 heteroatoms. The second-order valence-electron chi connectivity index (χ2n) is 6.29. The lowest BCUT2D eigenvalue weighted by Gasteiger charge is -2.15. The van der Waals surface area contributed by atoms with Gasteiger partial charge in [-0.2, -0.15) is 13.5 Å². The molecule has 2 aromatic rings. The summed E-state index contributed by atoms with van der Waals surface area (Å²) in [5.41, 5.74) is 0.368. The Morgan fingerprint density at radius 3 is 2.61 bits per heavy atom. The van der Waals surface area contributed by atoms with E-state index in [0.717, 1.165) is 6.20 Å². The maximum Gasteiger partial charge on any atom is 0.423 e. The molecule has 0 aliphatic heterocycles. The molecule has 1 heterocycles. The molecule has 1 aromatic heterocycles. The molecule has 2 N–H and O–H groups in total. The number of hydrogen-bond donors (Lipinski definition) is 2. The zero-order valence-corrected chi connectivity index (χ0v) is 15.7. The van der Waals surface area contributed by atoms with Crippen molar-refractivity contribution in [3.63, 3.8) is 0 Å². The summed E-state index contributed by atoms with van der Waals surface area (Å²) in [6, 6.07) is 4.66. The van der Waals surface area contributed by atoms with Crippen LogP contribution in [0, 0.1) is 0 Å². The standard InChI is InChI=1S/C18H23F2N5O3/c1-13(2)28-10-6-9-21-16(26)15-12-25(24-23-15)18(19,20)17(27)22-11-14-7-4-3-5-8-14/h3-5,7-8,12-13H,6,9-11H2,1-2H3,(H,21,26)(H,22,27). The van der Waals surface area contributed by atoms with Crippen LogP contribution >= 0.6 is 0 Å². The second-order valence-corrected chi connectivity index (χ2v) is 6.29. The van der Waals surface area contributed by atoms with Gasteiger partial charge in [-0.1, -0.05) is 35.5 Å². The number of hydrogen-bond acceptors (Lipinski definition) is 5. The Morgan fingerprint density at radius 1 is 1.21 bits per heavy atom. The second kappa shape index (κ2) is 9.88. The number of carbonyl (C=O) groups excluding carboxylic acids is 2. The molecular formula is C18H23F2N5O3. The third-order valence-electron chi connectivity index (χ3n) is 3.64. The van der Waals surface area contributed by atoms with E-state index in [1.165, 1.54) is 0 Å². The fourth-order valence-electron chi connectivity index (χ4n) is 2.18. The number of ether oxygens (including phenoxy) is 1. The lowest BCUT2D eigenvalue weighted by Crippen LogP contribution is -2.42. The van der Waals surface area contributed by atoms with Gasteiger partial charge in [0.15, 0.2) is 5.69 Å². The summed E-state index contributed by atoms with van der Waals surface area (Å²) in [7, 11) is 0. The molecule has 152 valence electrons.